The third-order valence-electron chi connectivity index (χ3n) is 20.8. The smallest absolute Gasteiger partial charge is 0.333 e. The quantitative estimate of drug-likeness (QED) is 0.165. The Balaban J connectivity index is 1.12. The van der Waals surface area contributed by atoms with Gasteiger partial charge in [0.05, 0.1) is 5.56 Å². The Morgan fingerprint density at radius 3 is 1.65 bits per heavy atom. The minimum absolute atomic E-state index is 0.00448. The van der Waals surface area contributed by atoms with Gasteiger partial charge >= 0.3 is 6.85 Å². The van der Waals surface area contributed by atoms with Crippen molar-refractivity contribution in [3.63, 3.8) is 0 Å². The number of aryl methyl sites for hydroxylation is 1. The Kier molecular flexibility index (Phi) is 9.66. The molecule has 0 unspecified atom stereocenters. The summed E-state index contributed by atoms with van der Waals surface area (Å²) in [5, 5.41) is 4.57. The number of rotatable bonds is 3. The number of hydrogen-bond donors (Lipinski definition) is 0. The van der Waals surface area contributed by atoms with Gasteiger partial charge in [0.1, 0.15) is 22.3 Å². The number of furan rings is 2. The van der Waals surface area contributed by atoms with Gasteiger partial charge in [-0.3, -0.25) is 0 Å². The molecule has 0 radical (unpaired) electrons. The first-order chi connectivity index (χ1) is 37.0. The third-order valence-corrected chi connectivity index (χ3v) is 20.8. The lowest BCUT2D eigenvalue weighted by molar-refractivity contribution is 0.332. The SMILES string of the molecule is Cc1cc2c(cc1N1c3cc(-c4ccccc4)ccc3B3c4c1cc1c(oc5ccccc51)c4-c1c(ccc4c1oc1cc5c(cc14)C(C)(C)CCC5(C)C)N3c1ccc3c(c1)C(C)(C)CCC3(C)C)C(C)(C)CCC2(C)C. The van der Waals surface area contributed by atoms with Crippen molar-refractivity contribution in [2.45, 2.75) is 161 Å². The maximum atomic E-state index is 7.61. The first-order valence-corrected chi connectivity index (χ1v) is 29.2. The molecule has 0 atom stereocenters. The van der Waals surface area contributed by atoms with Crippen LogP contribution in [0.2, 0.25) is 0 Å². The fraction of sp³-hybridized carbons (Fsp3) is 0.342. The molecular formula is C73H73BN2O2. The monoisotopic (exact) mass is 1020 g/mol. The van der Waals surface area contributed by atoms with Crippen LogP contribution in [0.3, 0.4) is 0 Å². The summed E-state index contributed by atoms with van der Waals surface area (Å²) in [5.41, 5.74) is 27.0. The van der Waals surface area contributed by atoms with E-state index in [9.17, 15) is 0 Å². The van der Waals surface area contributed by atoms with E-state index in [1.165, 1.54) is 95.6 Å². The molecule has 0 saturated carbocycles. The lowest BCUT2D eigenvalue weighted by atomic mass is 9.43. The molecule has 10 aromatic rings. The van der Waals surface area contributed by atoms with E-state index < -0.39 is 0 Å². The molecule has 0 bridgehead atoms. The second kappa shape index (κ2) is 15.6. The fourth-order valence-corrected chi connectivity index (χ4v) is 15.6. The van der Waals surface area contributed by atoms with Crippen molar-refractivity contribution in [1.82, 2.24) is 0 Å². The van der Waals surface area contributed by atoms with Gasteiger partial charge in [0.2, 0.25) is 0 Å². The highest BCUT2D eigenvalue weighted by molar-refractivity contribution is 6.94. The Morgan fingerprint density at radius 1 is 0.385 bits per heavy atom. The minimum atomic E-state index is -0.224. The van der Waals surface area contributed by atoms with Crippen LogP contribution in [-0.4, -0.2) is 6.85 Å². The van der Waals surface area contributed by atoms with Gasteiger partial charge in [0.25, 0.3) is 0 Å². The van der Waals surface area contributed by atoms with Gasteiger partial charge in [0.15, 0.2) is 0 Å². The maximum absolute atomic E-state index is 7.61. The average molecular weight is 1020 g/mol. The molecule has 0 spiro atoms. The molecule has 78 heavy (non-hydrogen) atoms. The first kappa shape index (κ1) is 48.2. The molecule has 3 aliphatic carbocycles. The molecule has 5 aliphatic rings. The second-order valence-electron chi connectivity index (χ2n) is 28.5. The molecule has 4 nitrogen and oxygen atoms in total. The zero-order chi connectivity index (χ0) is 54.0. The lowest BCUT2D eigenvalue weighted by Gasteiger charge is -2.47. The summed E-state index contributed by atoms with van der Waals surface area (Å²) in [6.07, 6.45) is 6.90. The summed E-state index contributed by atoms with van der Waals surface area (Å²) < 4.78 is 15.0. The van der Waals surface area contributed by atoms with E-state index in [2.05, 4.69) is 233 Å². The molecule has 8 aromatic carbocycles. The first-order valence-electron chi connectivity index (χ1n) is 29.2. The standard InChI is InChI=1S/C73H73BN2O2/c1-42-35-51-54(72(10,11)33-31-69(51,4)5)40-58(42)75-59-36-44(43-19-15-14-16-20-43)23-27-56(59)74-65-60(75)39-49-46-21-17-18-22-61(46)77-67(49)64(65)63-57(76(74)45-24-26-50-52(37-45)70(6,7)30-29-68(50,2)3)28-25-47-48-38-53-55(41-62(48)78-66(47)63)73(12,13)34-32-71(53,8)9/h14-28,35-41H,29-34H2,1-13H3. The minimum Gasteiger partial charge on any atom is -0.455 e. The van der Waals surface area contributed by atoms with E-state index in [0.717, 1.165) is 87.4 Å². The van der Waals surface area contributed by atoms with Gasteiger partial charge in [-0.2, -0.15) is 0 Å². The van der Waals surface area contributed by atoms with Crippen LogP contribution in [0.25, 0.3) is 66.1 Å². The van der Waals surface area contributed by atoms with Crippen molar-refractivity contribution in [1.29, 1.82) is 0 Å². The summed E-state index contributed by atoms with van der Waals surface area (Å²) in [6.45, 7) is 31.5. The van der Waals surface area contributed by atoms with Crippen molar-refractivity contribution in [2.24, 2.45) is 0 Å². The average Bonchev–Trinajstić information content (AvgIpc) is 3.09. The van der Waals surface area contributed by atoms with Crippen LogP contribution in [0.15, 0.2) is 142 Å². The van der Waals surface area contributed by atoms with E-state index >= 15 is 0 Å². The zero-order valence-corrected chi connectivity index (χ0v) is 48.2. The van der Waals surface area contributed by atoms with Crippen molar-refractivity contribution in [3.05, 3.63) is 172 Å². The molecule has 5 heteroatoms. The molecule has 0 fully saturated rings. The Bertz CT molecular complexity index is 4250. The normalized spacial score (nSPS) is 19.6. The number of para-hydroxylation sites is 1. The Hall–Kier alpha value is -6.98. The zero-order valence-electron chi connectivity index (χ0n) is 48.2. The number of nitrogens with zero attached hydrogens (tertiary/aromatic N) is 2. The van der Waals surface area contributed by atoms with E-state index in [0.29, 0.717) is 0 Å². The fourth-order valence-electron chi connectivity index (χ4n) is 15.6. The maximum Gasteiger partial charge on any atom is 0.333 e. The van der Waals surface area contributed by atoms with Crippen LogP contribution in [0, 0.1) is 6.92 Å². The number of benzene rings is 8. The lowest BCUT2D eigenvalue weighted by Crippen LogP contribution is -2.61. The molecular weight excluding hydrogens is 948 g/mol. The highest BCUT2D eigenvalue weighted by Gasteiger charge is 2.50. The van der Waals surface area contributed by atoms with E-state index in [1.54, 1.807) is 0 Å². The summed E-state index contributed by atoms with van der Waals surface area (Å²) in [5.74, 6) is 0. The largest absolute Gasteiger partial charge is 0.455 e. The highest BCUT2D eigenvalue weighted by Crippen LogP contribution is 2.58. The van der Waals surface area contributed by atoms with Crippen molar-refractivity contribution >= 4 is 90.1 Å². The van der Waals surface area contributed by atoms with Crippen molar-refractivity contribution in [2.75, 3.05) is 9.71 Å². The topological polar surface area (TPSA) is 32.8 Å². The van der Waals surface area contributed by atoms with Gasteiger partial charge in [-0.1, -0.05) is 156 Å². The van der Waals surface area contributed by atoms with Crippen molar-refractivity contribution < 1.29 is 8.83 Å². The van der Waals surface area contributed by atoms with E-state index in [-0.39, 0.29) is 39.3 Å². The summed E-state index contributed by atoms with van der Waals surface area (Å²) in [7, 11) is 0. The highest BCUT2D eigenvalue weighted by atomic mass is 16.3. The Labute approximate surface area is 461 Å². The number of anilines is 5. The van der Waals surface area contributed by atoms with Crippen LogP contribution < -0.4 is 20.6 Å². The summed E-state index contributed by atoms with van der Waals surface area (Å²) in [4.78, 5) is 5.38. The molecule has 2 aromatic heterocycles. The molecule has 2 aliphatic heterocycles. The molecule has 390 valence electrons. The van der Waals surface area contributed by atoms with E-state index in [1.807, 2.05) is 0 Å². The summed E-state index contributed by atoms with van der Waals surface area (Å²) in [6, 6.07) is 51.9. The third kappa shape index (κ3) is 6.60. The predicted octanol–water partition coefficient (Wildman–Crippen LogP) is 19.2. The van der Waals surface area contributed by atoms with Gasteiger partial charge in [-0.25, -0.2) is 0 Å². The van der Waals surface area contributed by atoms with Crippen molar-refractivity contribution in [3.8, 4) is 22.3 Å². The van der Waals surface area contributed by atoms with E-state index in [4.69, 9.17) is 8.83 Å². The van der Waals surface area contributed by atoms with Crippen LogP contribution in [0.5, 0.6) is 0 Å². The predicted molar refractivity (Wildman–Crippen MR) is 331 cm³/mol. The molecule has 0 N–H and O–H groups in total. The number of hydrogen-bond acceptors (Lipinski definition) is 4. The van der Waals surface area contributed by atoms with Crippen LogP contribution in [-0.2, 0) is 32.5 Å². The van der Waals surface area contributed by atoms with Crippen LogP contribution >= 0.6 is 0 Å². The second-order valence-corrected chi connectivity index (χ2v) is 28.5. The Morgan fingerprint density at radius 2 is 0.962 bits per heavy atom. The molecule has 0 amide bonds. The van der Waals surface area contributed by atoms with Gasteiger partial charge < -0.3 is 18.5 Å². The van der Waals surface area contributed by atoms with Crippen LogP contribution in [0.1, 0.15) is 161 Å². The number of fused-ring (bicyclic) bond motifs is 15. The molecule has 0 saturated heterocycles. The molecule has 4 heterocycles. The van der Waals surface area contributed by atoms with Gasteiger partial charge in [0, 0.05) is 55.5 Å². The van der Waals surface area contributed by atoms with Gasteiger partial charge in [-0.15, -0.1) is 0 Å². The van der Waals surface area contributed by atoms with Gasteiger partial charge in [-0.05, 0) is 200 Å². The molecule has 15 rings (SSSR count). The summed E-state index contributed by atoms with van der Waals surface area (Å²) >= 11 is 0. The van der Waals surface area contributed by atoms with Crippen LogP contribution in [0.4, 0.5) is 28.4 Å².